The summed E-state index contributed by atoms with van der Waals surface area (Å²) in [5, 5.41) is 0.658. The normalized spacial score (nSPS) is 10.7. The molecule has 0 spiro atoms. The summed E-state index contributed by atoms with van der Waals surface area (Å²) in [6.07, 6.45) is 1.82. The van der Waals surface area contributed by atoms with E-state index in [1.54, 1.807) is 24.3 Å². The number of hydrogen-bond donors (Lipinski definition) is 0. The van der Waals surface area contributed by atoms with Gasteiger partial charge in [0, 0.05) is 16.1 Å². The lowest BCUT2D eigenvalue weighted by molar-refractivity contribution is 0.104. The molecule has 3 aromatic carbocycles. The molecule has 0 aliphatic heterocycles. The van der Waals surface area contributed by atoms with Gasteiger partial charge < -0.3 is 0 Å². The zero-order chi connectivity index (χ0) is 17.5. The van der Waals surface area contributed by atoms with Crippen LogP contribution in [-0.2, 0) is 0 Å². The highest BCUT2D eigenvalue weighted by atomic mass is 35.5. The number of Topliss-reactive ketones (excluding diaryl/α,β-unsaturated/α-hetero) is 1. The van der Waals surface area contributed by atoms with Crippen LogP contribution in [0.1, 0.15) is 21.5 Å². The molecular weight excluding hydrogens is 328 g/mol. The SMILES string of the molecule is O=C(/C(C#Cc1ccc(Cl)cc1)=C/c1ccccc1)c1ccccc1. The van der Waals surface area contributed by atoms with Crippen molar-refractivity contribution in [2.45, 2.75) is 0 Å². The van der Waals surface area contributed by atoms with Crippen molar-refractivity contribution in [2.75, 3.05) is 0 Å². The lowest BCUT2D eigenvalue weighted by Gasteiger charge is -2.01. The molecule has 0 fully saturated rings. The van der Waals surface area contributed by atoms with Crippen LogP contribution in [0.25, 0.3) is 6.08 Å². The van der Waals surface area contributed by atoms with Crippen molar-refractivity contribution in [3.05, 3.63) is 112 Å². The van der Waals surface area contributed by atoms with Crippen LogP contribution < -0.4 is 0 Å². The van der Waals surface area contributed by atoms with Gasteiger partial charge in [0.15, 0.2) is 0 Å². The molecule has 2 heteroatoms. The van der Waals surface area contributed by atoms with E-state index in [1.807, 2.05) is 66.7 Å². The average molecular weight is 343 g/mol. The molecule has 0 aliphatic carbocycles. The molecule has 0 amide bonds. The Balaban J connectivity index is 1.99. The van der Waals surface area contributed by atoms with Gasteiger partial charge in [-0.15, -0.1) is 0 Å². The molecule has 0 bridgehead atoms. The minimum absolute atomic E-state index is 0.0917. The summed E-state index contributed by atoms with van der Waals surface area (Å²) < 4.78 is 0. The first-order valence-electron chi connectivity index (χ1n) is 7.86. The second kappa shape index (κ2) is 8.15. The Morgan fingerprint density at radius 1 is 0.800 bits per heavy atom. The molecule has 120 valence electrons. The maximum atomic E-state index is 12.8. The molecule has 1 nitrogen and oxygen atoms in total. The van der Waals surface area contributed by atoms with Crippen LogP contribution >= 0.6 is 11.6 Å². The van der Waals surface area contributed by atoms with Gasteiger partial charge >= 0.3 is 0 Å². The molecule has 3 rings (SSSR count). The standard InChI is InChI=1S/C23H15ClO/c24-22-15-12-18(13-16-22)11-14-21(17-19-7-3-1-4-8-19)23(25)20-9-5-2-6-10-20/h1-10,12-13,15-17H/b21-17+. The van der Waals surface area contributed by atoms with Gasteiger partial charge in [0.25, 0.3) is 0 Å². The van der Waals surface area contributed by atoms with E-state index in [4.69, 9.17) is 11.6 Å². The summed E-state index contributed by atoms with van der Waals surface area (Å²) in [6.45, 7) is 0. The minimum Gasteiger partial charge on any atom is -0.288 e. The van der Waals surface area contributed by atoms with Crippen molar-refractivity contribution >= 4 is 23.5 Å². The molecule has 0 atom stereocenters. The first kappa shape index (κ1) is 16.8. The van der Waals surface area contributed by atoms with Crippen molar-refractivity contribution in [1.29, 1.82) is 0 Å². The summed E-state index contributed by atoms with van der Waals surface area (Å²) in [5.74, 6) is 5.97. The van der Waals surface area contributed by atoms with Crippen LogP contribution in [0, 0.1) is 11.8 Å². The van der Waals surface area contributed by atoms with E-state index in [-0.39, 0.29) is 5.78 Å². The maximum Gasteiger partial charge on any atom is 0.201 e. The van der Waals surface area contributed by atoms with Gasteiger partial charge in [-0.1, -0.05) is 84.1 Å². The topological polar surface area (TPSA) is 17.1 Å². The van der Waals surface area contributed by atoms with Gasteiger partial charge in [-0.2, -0.15) is 0 Å². The Kier molecular flexibility index (Phi) is 5.46. The summed E-state index contributed by atoms with van der Waals surface area (Å²) in [7, 11) is 0. The zero-order valence-corrected chi connectivity index (χ0v) is 14.2. The molecule has 0 saturated carbocycles. The van der Waals surface area contributed by atoms with Crippen LogP contribution in [0.5, 0.6) is 0 Å². The van der Waals surface area contributed by atoms with Gasteiger partial charge in [-0.05, 0) is 35.9 Å². The largest absolute Gasteiger partial charge is 0.288 e. The second-order valence-corrected chi connectivity index (χ2v) is 5.86. The number of halogens is 1. The van der Waals surface area contributed by atoms with E-state index in [1.165, 1.54) is 0 Å². The van der Waals surface area contributed by atoms with E-state index in [0.717, 1.165) is 11.1 Å². The van der Waals surface area contributed by atoms with Crippen LogP contribution in [-0.4, -0.2) is 5.78 Å². The molecule has 0 aromatic heterocycles. The monoisotopic (exact) mass is 342 g/mol. The van der Waals surface area contributed by atoms with E-state index < -0.39 is 0 Å². The third kappa shape index (κ3) is 4.70. The van der Waals surface area contributed by atoms with Crippen molar-refractivity contribution in [2.24, 2.45) is 0 Å². The fraction of sp³-hybridized carbons (Fsp3) is 0. The van der Waals surface area contributed by atoms with Gasteiger partial charge in [0.05, 0.1) is 5.57 Å². The van der Waals surface area contributed by atoms with Gasteiger partial charge in [0.1, 0.15) is 0 Å². The first-order chi connectivity index (χ1) is 12.2. The maximum absolute atomic E-state index is 12.8. The van der Waals surface area contributed by atoms with E-state index in [2.05, 4.69) is 11.8 Å². The average Bonchev–Trinajstić information content (AvgIpc) is 2.67. The Morgan fingerprint density at radius 3 is 2.04 bits per heavy atom. The van der Waals surface area contributed by atoms with E-state index in [9.17, 15) is 4.79 Å². The van der Waals surface area contributed by atoms with Crippen LogP contribution in [0.3, 0.4) is 0 Å². The minimum atomic E-state index is -0.0917. The lowest BCUT2D eigenvalue weighted by atomic mass is 10.0. The summed E-state index contributed by atoms with van der Waals surface area (Å²) in [4.78, 5) is 12.8. The molecular formula is C23H15ClO. The van der Waals surface area contributed by atoms with Crippen molar-refractivity contribution < 1.29 is 4.79 Å². The highest BCUT2D eigenvalue weighted by Gasteiger charge is 2.10. The molecule has 0 saturated heterocycles. The van der Waals surface area contributed by atoms with Crippen molar-refractivity contribution in [3.8, 4) is 11.8 Å². The molecule has 25 heavy (non-hydrogen) atoms. The van der Waals surface area contributed by atoms with Crippen molar-refractivity contribution in [1.82, 2.24) is 0 Å². The summed E-state index contributed by atoms with van der Waals surface area (Å²) in [6, 6.07) is 26.1. The molecule has 0 aliphatic rings. The third-order valence-corrected chi connectivity index (χ3v) is 3.83. The lowest BCUT2D eigenvalue weighted by Crippen LogP contribution is -2.01. The molecule has 0 radical (unpaired) electrons. The smallest absolute Gasteiger partial charge is 0.201 e. The predicted molar refractivity (Wildman–Crippen MR) is 104 cm³/mol. The Bertz CT molecular complexity index is 944. The van der Waals surface area contributed by atoms with Gasteiger partial charge in [-0.3, -0.25) is 4.79 Å². The molecule has 0 heterocycles. The van der Waals surface area contributed by atoms with Gasteiger partial charge in [-0.25, -0.2) is 0 Å². The fourth-order valence-corrected chi connectivity index (χ4v) is 2.42. The number of carbonyl (C=O) groups excluding carboxylic acids is 1. The predicted octanol–water partition coefficient (Wildman–Crippen LogP) is 5.66. The first-order valence-corrected chi connectivity index (χ1v) is 8.24. The third-order valence-electron chi connectivity index (χ3n) is 3.58. The summed E-state index contributed by atoms with van der Waals surface area (Å²) in [5.41, 5.74) is 2.82. The highest BCUT2D eigenvalue weighted by Crippen LogP contribution is 2.13. The number of hydrogen-bond acceptors (Lipinski definition) is 1. The highest BCUT2D eigenvalue weighted by molar-refractivity contribution is 6.30. The number of carbonyl (C=O) groups is 1. The molecule has 0 N–H and O–H groups in total. The van der Waals surface area contributed by atoms with Gasteiger partial charge in [0.2, 0.25) is 5.78 Å². The number of ketones is 1. The quantitative estimate of drug-likeness (QED) is 0.341. The number of rotatable bonds is 3. The summed E-state index contributed by atoms with van der Waals surface area (Å²) >= 11 is 5.90. The van der Waals surface area contributed by atoms with E-state index in [0.29, 0.717) is 16.2 Å². The number of allylic oxidation sites excluding steroid dienone is 1. The second-order valence-electron chi connectivity index (χ2n) is 5.42. The number of benzene rings is 3. The fourth-order valence-electron chi connectivity index (χ4n) is 2.29. The van der Waals surface area contributed by atoms with Crippen LogP contribution in [0.15, 0.2) is 90.5 Å². The van der Waals surface area contributed by atoms with Crippen LogP contribution in [0.4, 0.5) is 0 Å². The van der Waals surface area contributed by atoms with Crippen LogP contribution in [0.2, 0.25) is 5.02 Å². The molecule has 0 unspecified atom stereocenters. The Morgan fingerprint density at radius 2 is 1.40 bits per heavy atom. The van der Waals surface area contributed by atoms with Crippen molar-refractivity contribution in [3.63, 3.8) is 0 Å². The molecule has 3 aromatic rings. The Hall–Kier alpha value is -3.08. The van der Waals surface area contributed by atoms with E-state index >= 15 is 0 Å². The zero-order valence-electron chi connectivity index (χ0n) is 13.4. The Labute approximate surface area is 152 Å².